The van der Waals surface area contributed by atoms with E-state index in [0.717, 1.165) is 0 Å². The number of nitrogens with zero attached hydrogens (tertiary/aromatic N) is 2. The van der Waals surface area contributed by atoms with Crippen LogP contribution >= 0.6 is 0 Å². The Bertz CT molecular complexity index is 3850. The fourth-order valence-corrected chi connectivity index (χ4v) is 10.5. The molecule has 0 bridgehead atoms. The molecule has 0 amide bonds. The van der Waals surface area contributed by atoms with E-state index in [1.807, 2.05) is 0 Å². The van der Waals surface area contributed by atoms with Gasteiger partial charge in [-0.2, -0.15) is 0 Å². The molecule has 13 rings (SSSR count). The molecule has 2 aromatic heterocycles. The number of para-hydroxylation sites is 3. The van der Waals surface area contributed by atoms with Crippen molar-refractivity contribution >= 4 is 75.9 Å². The standard InChI is InChI=1S/C60H38N2/c1-3-17-39(18-4-1)59-47-25-9-11-27-49(47)60(50-28-12-10-26-48(50)59)51-33-36-56(44-22-8-7-21-43(44)51)62-55-30-16-14-24-46(55)53-38-41(32-35-58(53)62)40-31-34-57-52(37-40)45-23-13-15-29-54(45)61(57)42-19-5-2-6-20-42/h1-38H. The van der Waals surface area contributed by atoms with Gasteiger partial charge in [-0.05, 0) is 115 Å². The van der Waals surface area contributed by atoms with E-state index in [0.29, 0.717) is 0 Å². The van der Waals surface area contributed by atoms with Gasteiger partial charge in [0, 0.05) is 32.6 Å². The van der Waals surface area contributed by atoms with Crippen LogP contribution in [0.3, 0.4) is 0 Å². The van der Waals surface area contributed by atoms with E-state index in [1.54, 1.807) is 0 Å². The molecule has 0 unspecified atom stereocenters. The van der Waals surface area contributed by atoms with Crippen LogP contribution in [0.4, 0.5) is 0 Å². The molecule has 0 spiro atoms. The van der Waals surface area contributed by atoms with E-state index < -0.39 is 0 Å². The van der Waals surface area contributed by atoms with E-state index in [4.69, 9.17) is 0 Å². The van der Waals surface area contributed by atoms with Gasteiger partial charge < -0.3 is 9.13 Å². The molecule has 0 saturated carbocycles. The van der Waals surface area contributed by atoms with Crippen LogP contribution in [0.1, 0.15) is 0 Å². The zero-order valence-electron chi connectivity index (χ0n) is 33.8. The molecule has 0 aliphatic rings. The highest BCUT2D eigenvalue weighted by atomic mass is 15.0. The lowest BCUT2D eigenvalue weighted by Crippen LogP contribution is -1.97. The van der Waals surface area contributed by atoms with Crippen molar-refractivity contribution in [3.63, 3.8) is 0 Å². The topological polar surface area (TPSA) is 9.86 Å². The summed E-state index contributed by atoms with van der Waals surface area (Å²) in [4.78, 5) is 0. The minimum absolute atomic E-state index is 1.17. The summed E-state index contributed by atoms with van der Waals surface area (Å²) in [6, 6.07) is 84.7. The van der Waals surface area contributed by atoms with E-state index in [9.17, 15) is 0 Å². The molecule has 2 heterocycles. The molecule has 0 atom stereocenters. The fourth-order valence-electron chi connectivity index (χ4n) is 10.5. The van der Waals surface area contributed by atoms with Crippen LogP contribution in [0.15, 0.2) is 231 Å². The van der Waals surface area contributed by atoms with Crippen molar-refractivity contribution < 1.29 is 0 Å². The molecule has 62 heavy (non-hydrogen) atoms. The minimum Gasteiger partial charge on any atom is -0.309 e. The molecular weight excluding hydrogens is 749 g/mol. The highest BCUT2D eigenvalue weighted by Crippen LogP contribution is 2.47. The van der Waals surface area contributed by atoms with Crippen molar-refractivity contribution in [3.05, 3.63) is 231 Å². The molecule has 0 radical (unpaired) electrons. The van der Waals surface area contributed by atoms with Crippen molar-refractivity contribution in [2.45, 2.75) is 0 Å². The van der Waals surface area contributed by atoms with Crippen LogP contribution in [0.25, 0.3) is 121 Å². The maximum absolute atomic E-state index is 2.48. The number of hydrogen-bond donors (Lipinski definition) is 0. The van der Waals surface area contributed by atoms with Crippen molar-refractivity contribution in [1.29, 1.82) is 0 Å². The maximum atomic E-state index is 2.48. The van der Waals surface area contributed by atoms with Gasteiger partial charge >= 0.3 is 0 Å². The van der Waals surface area contributed by atoms with E-state index in [2.05, 4.69) is 240 Å². The molecule has 0 aliphatic carbocycles. The number of benzene rings is 11. The largest absolute Gasteiger partial charge is 0.309 e. The van der Waals surface area contributed by atoms with Gasteiger partial charge in [-0.3, -0.25) is 0 Å². The van der Waals surface area contributed by atoms with Crippen molar-refractivity contribution in [2.24, 2.45) is 0 Å². The smallest absolute Gasteiger partial charge is 0.0541 e. The highest BCUT2D eigenvalue weighted by Gasteiger charge is 2.21. The zero-order valence-corrected chi connectivity index (χ0v) is 33.8. The molecule has 0 saturated heterocycles. The van der Waals surface area contributed by atoms with Crippen LogP contribution in [0.2, 0.25) is 0 Å². The monoisotopic (exact) mass is 786 g/mol. The molecule has 11 aromatic carbocycles. The third-order valence-corrected chi connectivity index (χ3v) is 13.1. The van der Waals surface area contributed by atoms with Crippen molar-refractivity contribution in [2.75, 3.05) is 0 Å². The van der Waals surface area contributed by atoms with Gasteiger partial charge in [-0.25, -0.2) is 0 Å². The predicted octanol–water partition coefficient (Wildman–Crippen LogP) is 16.3. The Morgan fingerprint density at radius 2 is 0.645 bits per heavy atom. The molecule has 13 aromatic rings. The van der Waals surface area contributed by atoms with Gasteiger partial charge in [0.25, 0.3) is 0 Å². The van der Waals surface area contributed by atoms with Crippen LogP contribution < -0.4 is 0 Å². The zero-order chi connectivity index (χ0) is 40.7. The van der Waals surface area contributed by atoms with E-state index in [-0.39, 0.29) is 0 Å². The molecule has 2 heteroatoms. The van der Waals surface area contributed by atoms with E-state index in [1.165, 1.54) is 121 Å². The summed E-state index contributed by atoms with van der Waals surface area (Å²) in [5, 5.41) is 12.5. The molecular formula is C60H38N2. The molecule has 0 aliphatic heterocycles. The first kappa shape index (κ1) is 34.6. The Labute approximate surface area is 358 Å². The average molecular weight is 787 g/mol. The van der Waals surface area contributed by atoms with Gasteiger partial charge in [0.2, 0.25) is 0 Å². The Kier molecular flexibility index (Phi) is 7.64. The third kappa shape index (κ3) is 5.11. The summed E-state index contributed by atoms with van der Waals surface area (Å²) < 4.78 is 4.86. The maximum Gasteiger partial charge on any atom is 0.0541 e. The number of hydrogen-bond acceptors (Lipinski definition) is 0. The van der Waals surface area contributed by atoms with Gasteiger partial charge in [-0.15, -0.1) is 0 Å². The second-order valence-electron chi connectivity index (χ2n) is 16.4. The lowest BCUT2D eigenvalue weighted by atomic mass is 9.84. The lowest BCUT2D eigenvalue weighted by molar-refractivity contribution is 1.18. The predicted molar refractivity (Wildman–Crippen MR) is 264 cm³/mol. The Balaban J connectivity index is 1.01. The molecule has 2 nitrogen and oxygen atoms in total. The average Bonchev–Trinajstić information content (AvgIpc) is 3.85. The van der Waals surface area contributed by atoms with Gasteiger partial charge in [0.15, 0.2) is 0 Å². The van der Waals surface area contributed by atoms with Crippen LogP contribution in [-0.2, 0) is 0 Å². The third-order valence-electron chi connectivity index (χ3n) is 13.1. The van der Waals surface area contributed by atoms with Crippen LogP contribution in [0.5, 0.6) is 0 Å². The SMILES string of the molecule is c1ccc(-c2c3ccccc3c(-c3ccc(-n4c5ccccc5c5cc(-c6ccc7c(c6)c6ccccc6n7-c6ccccc6)ccc54)c4ccccc34)c3ccccc23)cc1. The van der Waals surface area contributed by atoms with Crippen molar-refractivity contribution in [3.8, 4) is 44.8 Å². The Morgan fingerprint density at radius 1 is 0.226 bits per heavy atom. The molecule has 0 N–H and O–H groups in total. The minimum atomic E-state index is 1.17. The normalized spacial score (nSPS) is 11.9. The number of rotatable bonds is 5. The summed E-state index contributed by atoms with van der Waals surface area (Å²) in [5.41, 5.74) is 14.6. The van der Waals surface area contributed by atoms with Gasteiger partial charge in [-0.1, -0.05) is 176 Å². The second-order valence-corrected chi connectivity index (χ2v) is 16.4. The Morgan fingerprint density at radius 3 is 1.23 bits per heavy atom. The summed E-state index contributed by atoms with van der Waals surface area (Å²) in [5.74, 6) is 0. The quantitative estimate of drug-likeness (QED) is 0.154. The Hall–Kier alpha value is -8.20. The van der Waals surface area contributed by atoms with Gasteiger partial charge in [0.05, 0.1) is 27.8 Å². The van der Waals surface area contributed by atoms with E-state index >= 15 is 0 Å². The summed E-state index contributed by atoms with van der Waals surface area (Å²) in [6.07, 6.45) is 0. The summed E-state index contributed by atoms with van der Waals surface area (Å²) in [6.45, 7) is 0. The van der Waals surface area contributed by atoms with Crippen LogP contribution in [-0.4, -0.2) is 9.13 Å². The first-order valence-electron chi connectivity index (χ1n) is 21.4. The summed E-state index contributed by atoms with van der Waals surface area (Å²) >= 11 is 0. The molecule has 0 fully saturated rings. The van der Waals surface area contributed by atoms with Gasteiger partial charge in [0.1, 0.15) is 0 Å². The first-order chi connectivity index (χ1) is 30.8. The fraction of sp³-hybridized carbons (Fsp3) is 0. The van der Waals surface area contributed by atoms with Crippen LogP contribution in [0, 0.1) is 0 Å². The van der Waals surface area contributed by atoms with Crippen molar-refractivity contribution in [1.82, 2.24) is 9.13 Å². The highest BCUT2D eigenvalue weighted by molar-refractivity contribution is 6.24. The molecule has 288 valence electrons. The number of fused-ring (bicyclic) bond motifs is 9. The summed E-state index contributed by atoms with van der Waals surface area (Å²) in [7, 11) is 0. The number of aromatic nitrogens is 2. The lowest BCUT2D eigenvalue weighted by Gasteiger charge is -2.20. The second kappa shape index (κ2) is 13.7. The first-order valence-corrected chi connectivity index (χ1v) is 21.4.